The summed E-state index contributed by atoms with van der Waals surface area (Å²) in [6.07, 6.45) is 1.06. The van der Waals surface area contributed by atoms with E-state index in [1.54, 1.807) is 14.2 Å². The van der Waals surface area contributed by atoms with Crippen molar-refractivity contribution >= 4 is 5.96 Å². The van der Waals surface area contributed by atoms with Gasteiger partial charge in [0.05, 0.1) is 19.9 Å². The van der Waals surface area contributed by atoms with E-state index < -0.39 is 0 Å². The first-order valence-corrected chi connectivity index (χ1v) is 10.3. The number of guanidine groups is 1. The summed E-state index contributed by atoms with van der Waals surface area (Å²) >= 11 is 0. The SMILES string of the molecule is CCNC(=NCc1cc(C(C)C)no1)N1CCC(c2cc(OC)cc(OC)c2)C1. The molecule has 1 aromatic heterocycles. The third-order valence-electron chi connectivity index (χ3n) is 5.22. The molecule has 2 heterocycles. The Morgan fingerprint density at radius 2 is 1.97 bits per heavy atom. The van der Waals surface area contributed by atoms with Gasteiger partial charge in [0.1, 0.15) is 18.0 Å². The monoisotopic (exact) mass is 400 g/mol. The van der Waals surface area contributed by atoms with Gasteiger partial charge in [-0.25, -0.2) is 4.99 Å². The second-order valence-electron chi connectivity index (χ2n) is 7.62. The normalized spacial score (nSPS) is 17.1. The van der Waals surface area contributed by atoms with Gasteiger partial charge in [-0.2, -0.15) is 0 Å². The molecule has 0 radical (unpaired) electrons. The molecule has 0 amide bonds. The highest BCUT2D eigenvalue weighted by atomic mass is 16.5. The van der Waals surface area contributed by atoms with Gasteiger partial charge in [0.25, 0.3) is 0 Å². The number of rotatable bonds is 7. The quantitative estimate of drug-likeness (QED) is 0.563. The summed E-state index contributed by atoms with van der Waals surface area (Å²) in [5.41, 5.74) is 2.20. The van der Waals surface area contributed by atoms with Gasteiger partial charge in [-0.05, 0) is 37.0 Å². The second-order valence-corrected chi connectivity index (χ2v) is 7.62. The van der Waals surface area contributed by atoms with E-state index in [1.807, 2.05) is 12.1 Å². The zero-order valence-electron chi connectivity index (χ0n) is 18.1. The first-order chi connectivity index (χ1) is 14.0. The molecule has 29 heavy (non-hydrogen) atoms. The highest BCUT2D eigenvalue weighted by molar-refractivity contribution is 5.80. The summed E-state index contributed by atoms with van der Waals surface area (Å²) in [6.45, 7) is 9.44. The zero-order valence-corrected chi connectivity index (χ0v) is 18.1. The first-order valence-electron chi connectivity index (χ1n) is 10.3. The van der Waals surface area contributed by atoms with Crippen molar-refractivity contribution in [3.05, 3.63) is 41.3 Å². The first kappa shape index (κ1) is 21.0. The Kier molecular flexibility index (Phi) is 7.01. The highest BCUT2D eigenvalue weighted by Crippen LogP contribution is 2.33. The molecule has 7 nitrogen and oxygen atoms in total. The van der Waals surface area contributed by atoms with E-state index >= 15 is 0 Å². The lowest BCUT2D eigenvalue weighted by atomic mass is 9.98. The van der Waals surface area contributed by atoms with Gasteiger partial charge in [-0.15, -0.1) is 0 Å². The average Bonchev–Trinajstić information content (AvgIpc) is 3.40. The van der Waals surface area contributed by atoms with E-state index in [4.69, 9.17) is 19.0 Å². The number of aliphatic imine (C=N–C) groups is 1. The van der Waals surface area contributed by atoms with E-state index in [-0.39, 0.29) is 0 Å². The minimum atomic E-state index is 0.351. The fourth-order valence-corrected chi connectivity index (χ4v) is 3.54. The molecule has 1 aliphatic heterocycles. The predicted octanol–water partition coefficient (Wildman–Crippen LogP) is 3.77. The molecule has 3 rings (SSSR count). The standard InChI is InChI=1S/C22H32N4O3/c1-6-23-22(24-13-20-12-21(15(2)3)25-29-20)26-8-7-16(14-26)17-9-18(27-4)11-19(10-17)28-5/h9-12,15-16H,6-8,13-14H2,1-5H3,(H,23,24). The molecule has 0 bridgehead atoms. The van der Waals surface area contributed by atoms with E-state index in [2.05, 4.69) is 48.3 Å². The van der Waals surface area contributed by atoms with Crippen LogP contribution in [0.2, 0.25) is 0 Å². The number of hydrogen-bond acceptors (Lipinski definition) is 5. The molecule has 1 unspecified atom stereocenters. The molecule has 0 spiro atoms. The molecule has 7 heteroatoms. The Bertz CT molecular complexity index is 809. The maximum atomic E-state index is 5.43. The van der Waals surface area contributed by atoms with Gasteiger partial charge in [0, 0.05) is 37.7 Å². The van der Waals surface area contributed by atoms with E-state index in [1.165, 1.54) is 5.56 Å². The number of benzene rings is 1. The van der Waals surface area contributed by atoms with Gasteiger partial charge in [0.15, 0.2) is 11.7 Å². The van der Waals surface area contributed by atoms with Crippen LogP contribution in [0.15, 0.2) is 33.8 Å². The van der Waals surface area contributed by atoms with Crippen molar-refractivity contribution in [3.63, 3.8) is 0 Å². The van der Waals surface area contributed by atoms with Crippen LogP contribution in [-0.4, -0.2) is 49.9 Å². The lowest BCUT2D eigenvalue weighted by Gasteiger charge is -2.22. The van der Waals surface area contributed by atoms with Crippen molar-refractivity contribution in [2.24, 2.45) is 4.99 Å². The van der Waals surface area contributed by atoms with Crippen molar-refractivity contribution in [1.82, 2.24) is 15.4 Å². The maximum absolute atomic E-state index is 5.43. The molecule has 1 N–H and O–H groups in total. The molecule has 1 aromatic carbocycles. The van der Waals surface area contributed by atoms with Crippen molar-refractivity contribution < 1.29 is 14.0 Å². The summed E-state index contributed by atoms with van der Waals surface area (Å²) in [6, 6.07) is 8.10. The summed E-state index contributed by atoms with van der Waals surface area (Å²) < 4.78 is 16.3. The Morgan fingerprint density at radius 1 is 1.24 bits per heavy atom. The molecule has 1 atom stereocenters. The van der Waals surface area contributed by atoms with E-state index in [0.717, 1.165) is 55.0 Å². The molecule has 1 aliphatic rings. The Balaban J connectivity index is 1.71. The fraction of sp³-hybridized carbons (Fsp3) is 0.545. The largest absolute Gasteiger partial charge is 0.497 e. The van der Waals surface area contributed by atoms with Crippen LogP contribution in [0.3, 0.4) is 0 Å². The second kappa shape index (κ2) is 9.67. The smallest absolute Gasteiger partial charge is 0.194 e. The Morgan fingerprint density at radius 3 is 2.55 bits per heavy atom. The fourth-order valence-electron chi connectivity index (χ4n) is 3.54. The van der Waals surface area contributed by atoms with Gasteiger partial charge < -0.3 is 24.2 Å². The van der Waals surface area contributed by atoms with E-state index in [0.29, 0.717) is 18.4 Å². The lowest BCUT2D eigenvalue weighted by molar-refractivity contribution is 0.375. The summed E-state index contributed by atoms with van der Waals surface area (Å²) in [4.78, 5) is 7.09. The molecule has 1 fully saturated rings. The molecule has 0 aliphatic carbocycles. The number of nitrogens with one attached hydrogen (secondary N) is 1. The van der Waals surface area contributed by atoms with Crippen LogP contribution in [0.4, 0.5) is 0 Å². The molecular formula is C22H32N4O3. The predicted molar refractivity (Wildman–Crippen MR) is 114 cm³/mol. The Labute approximate surface area is 173 Å². The van der Waals surface area contributed by atoms with Gasteiger partial charge in [-0.3, -0.25) is 0 Å². The van der Waals surface area contributed by atoms with Crippen LogP contribution >= 0.6 is 0 Å². The van der Waals surface area contributed by atoms with Gasteiger partial charge >= 0.3 is 0 Å². The van der Waals surface area contributed by atoms with Crippen LogP contribution in [0.5, 0.6) is 11.5 Å². The van der Waals surface area contributed by atoms with Crippen molar-refractivity contribution in [2.75, 3.05) is 33.9 Å². The molecule has 2 aromatic rings. The minimum absolute atomic E-state index is 0.351. The summed E-state index contributed by atoms with van der Waals surface area (Å²) in [5, 5.41) is 7.53. The maximum Gasteiger partial charge on any atom is 0.194 e. The molecule has 0 saturated carbocycles. The van der Waals surface area contributed by atoms with Crippen LogP contribution in [-0.2, 0) is 6.54 Å². The minimum Gasteiger partial charge on any atom is -0.497 e. The molecule has 158 valence electrons. The van der Waals surface area contributed by atoms with Crippen LogP contribution in [0.25, 0.3) is 0 Å². The number of likely N-dealkylation sites (tertiary alicyclic amines) is 1. The summed E-state index contributed by atoms with van der Waals surface area (Å²) in [5.74, 6) is 4.10. The third-order valence-corrected chi connectivity index (χ3v) is 5.22. The van der Waals surface area contributed by atoms with Crippen LogP contribution in [0.1, 0.15) is 56.0 Å². The van der Waals surface area contributed by atoms with Crippen LogP contribution in [0, 0.1) is 0 Å². The van der Waals surface area contributed by atoms with Gasteiger partial charge in [0.2, 0.25) is 0 Å². The number of nitrogens with zero attached hydrogens (tertiary/aromatic N) is 3. The van der Waals surface area contributed by atoms with E-state index in [9.17, 15) is 0 Å². The van der Waals surface area contributed by atoms with Crippen molar-refractivity contribution in [3.8, 4) is 11.5 Å². The Hall–Kier alpha value is -2.70. The van der Waals surface area contributed by atoms with Crippen LogP contribution < -0.4 is 14.8 Å². The number of ether oxygens (including phenoxy) is 2. The van der Waals surface area contributed by atoms with Crippen molar-refractivity contribution in [2.45, 2.75) is 45.6 Å². The van der Waals surface area contributed by atoms with Crippen molar-refractivity contribution in [1.29, 1.82) is 0 Å². The number of aromatic nitrogens is 1. The molecular weight excluding hydrogens is 368 g/mol. The topological polar surface area (TPSA) is 72.1 Å². The molecule has 1 saturated heterocycles. The highest BCUT2D eigenvalue weighted by Gasteiger charge is 2.27. The number of hydrogen-bond donors (Lipinski definition) is 1. The summed E-state index contributed by atoms with van der Waals surface area (Å²) in [7, 11) is 3.37. The lowest BCUT2D eigenvalue weighted by Crippen LogP contribution is -2.40. The third kappa shape index (κ3) is 5.22. The zero-order chi connectivity index (χ0) is 20.8. The number of methoxy groups -OCH3 is 2. The van der Waals surface area contributed by atoms with Gasteiger partial charge in [-0.1, -0.05) is 19.0 Å². The average molecular weight is 401 g/mol.